The van der Waals surface area contributed by atoms with Gasteiger partial charge in [0.05, 0.1) is 11.3 Å². The monoisotopic (exact) mass is 311 g/mol. The van der Waals surface area contributed by atoms with Crippen molar-refractivity contribution in [3.05, 3.63) is 41.5 Å². The SMILES string of the molecule is Cc1ccccc1SCc1nc(C2(N)CCC2)no1.Cl. The van der Waals surface area contributed by atoms with Crippen LogP contribution in [0.5, 0.6) is 0 Å². The van der Waals surface area contributed by atoms with Gasteiger partial charge in [0, 0.05) is 4.90 Å². The van der Waals surface area contributed by atoms with E-state index in [1.54, 1.807) is 11.8 Å². The lowest BCUT2D eigenvalue weighted by molar-refractivity contribution is 0.229. The molecule has 1 heterocycles. The van der Waals surface area contributed by atoms with E-state index in [0.29, 0.717) is 17.5 Å². The minimum atomic E-state index is -0.338. The zero-order valence-corrected chi connectivity index (χ0v) is 13.0. The minimum Gasteiger partial charge on any atom is -0.338 e. The Kier molecular flexibility index (Phi) is 4.73. The fourth-order valence-corrected chi connectivity index (χ4v) is 3.02. The van der Waals surface area contributed by atoms with Gasteiger partial charge < -0.3 is 10.3 Å². The number of aryl methyl sites for hydroxylation is 1. The maximum absolute atomic E-state index is 6.18. The Bertz CT molecular complexity index is 583. The molecule has 1 aliphatic rings. The standard InChI is InChI=1S/C14H17N3OS.ClH/c1-10-5-2-3-6-11(10)19-9-12-16-13(17-18-12)14(15)7-4-8-14;/h2-3,5-6H,4,7-9,15H2,1H3;1H. The second kappa shape index (κ2) is 6.16. The maximum atomic E-state index is 6.18. The third-order valence-corrected chi connectivity index (χ3v) is 4.76. The van der Waals surface area contributed by atoms with Gasteiger partial charge in [-0.2, -0.15) is 4.98 Å². The first kappa shape index (κ1) is 15.4. The second-order valence-electron chi connectivity index (χ2n) is 5.08. The summed E-state index contributed by atoms with van der Waals surface area (Å²) in [5.41, 5.74) is 7.10. The van der Waals surface area contributed by atoms with Gasteiger partial charge in [0.25, 0.3) is 0 Å². The number of hydrogen-bond donors (Lipinski definition) is 1. The molecule has 6 heteroatoms. The van der Waals surface area contributed by atoms with Crippen molar-refractivity contribution in [1.82, 2.24) is 10.1 Å². The summed E-state index contributed by atoms with van der Waals surface area (Å²) in [5, 5.41) is 4.02. The fourth-order valence-electron chi connectivity index (χ4n) is 2.15. The molecular formula is C14H18ClN3OS. The molecule has 108 valence electrons. The Morgan fingerprint density at radius 2 is 2.10 bits per heavy atom. The number of halogens is 1. The van der Waals surface area contributed by atoms with E-state index < -0.39 is 0 Å². The third kappa shape index (κ3) is 3.00. The highest BCUT2D eigenvalue weighted by molar-refractivity contribution is 7.98. The number of nitrogens with zero attached hydrogens (tertiary/aromatic N) is 2. The van der Waals surface area contributed by atoms with Crippen molar-refractivity contribution in [2.24, 2.45) is 5.73 Å². The average Bonchev–Trinajstić information content (AvgIpc) is 2.84. The topological polar surface area (TPSA) is 64.9 Å². The van der Waals surface area contributed by atoms with Crippen LogP contribution in [-0.2, 0) is 11.3 Å². The summed E-state index contributed by atoms with van der Waals surface area (Å²) in [6.07, 6.45) is 3.06. The molecule has 3 rings (SSSR count). The van der Waals surface area contributed by atoms with E-state index in [4.69, 9.17) is 10.3 Å². The molecule has 0 amide bonds. The van der Waals surface area contributed by atoms with E-state index in [0.717, 1.165) is 19.3 Å². The number of benzene rings is 1. The van der Waals surface area contributed by atoms with Crippen LogP contribution >= 0.6 is 24.2 Å². The molecule has 0 unspecified atom stereocenters. The fraction of sp³-hybridized carbons (Fsp3) is 0.429. The highest BCUT2D eigenvalue weighted by Crippen LogP contribution is 2.37. The van der Waals surface area contributed by atoms with Gasteiger partial charge >= 0.3 is 0 Å². The molecule has 1 saturated carbocycles. The van der Waals surface area contributed by atoms with Gasteiger partial charge in [-0.25, -0.2) is 0 Å². The zero-order chi connectivity index (χ0) is 13.3. The molecule has 4 nitrogen and oxygen atoms in total. The van der Waals surface area contributed by atoms with Crippen LogP contribution in [0.1, 0.15) is 36.5 Å². The summed E-state index contributed by atoms with van der Waals surface area (Å²) in [5.74, 6) is 2.01. The van der Waals surface area contributed by atoms with E-state index in [9.17, 15) is 0 Å². The molecular weight excluding hydrogens is 294 g/mol. The van der Waals surface area contributed by atoms with Crippen molar-refractivity contribution < 1.29 is 4.52 Å². The van der Waals surface area contributed by atoms with Crippen molar-refractivity contribution in [2.75, 3.05) is 0 Å². The summed E-state index contributed by atoms with van der Waals surface area (Å²) < 4.78 is 5.29. The number of hydrogen-bond acceptors (Lipinski definition) is 5. The molecule has 20 heavy (non-hydrogen) atoms. The van der Waals surface area contributed by atoms with E-state index in [-0.39, 0.29) is 17.9 Å². The lowest BCUT2D eigenvalue weighted by Gasteiger charge is -2.34. The normalized spacial score (nSPS) is 16.3. The van der Waals surface area contributed by atoms with E-state index >= 15 is 0 Å². The summed E-state index contributed by atoms with van der Waals surface area (Å²) in [6.45, 7) is 2.10. The van der Waals surface area contributed by atoms with Gasteiger partial charge in [-0.05, 0) is 37.8 Å². The van der Waals surface area contributed by atoms with Crippen LogP contribution in [0.15, 0.2) is 33.7 Å². The average molecular weight is 312 g/mol. The lowest BCUT2D eigenvalue weighted by Crippen LogP contribution is -2.44. The summed E-state index contributed by atoms with van der Waals surface area (Å²) >= 11 is 1.71. The largest absolute Gasteiger partial charge is 0.338 e. The van der Waals surface area contributed by atoms with Crippen LogP contribution in [0.3, 0.4) is 0 Å². The van der Waals surface area contributed by atoms with Crippen molar-refractivity contribution >= 4 is 24.2 Å². The van der Waals surface area contributed by atoms with Gasteiger partial charge in [-0.15, -0.1) is 24.2 Å². The molecule has 1 aromatic heterocycles. The predicted molar refractivity (Wildman–Crippen MR) is 82.0 cm³/mol. The number of nitrogens with two attached hydrogens (primary N) is 1. The number of thioether (sulfide) groups is 1. The van der Waals surface area contributed by atoms with Gasteiger partial charge in [-0.1, -0.05) is 23.4 Å². The van der Waals surface area contributed by atoms with Crippen LogP contribution in [-0.4, -0.2) is 10.1 Å². The van der Waals surface area contributed by atoms with E-state index in [1.807, 2.05) is 12.1 Å². The molecule has 1 aromatic carbocycles. The van der Waals surface area contributed by atoms with E-state index in [1.165, 1.54) is 10.5 Å². The highest BCUT2D eigenvalue weighted by Gasteiger charge is 2.38. The number of rotatable bonds is 4. The molecule has 0 atom stereocenters. The van der Waals surface area contributed by atoms with Crippen molar-refractivity contribution in [1.29, 1.82) is 0 Å². The van der Waals surface area contributed by atoms with Crippen molar-refractivity contribution in [2.45, 2.75) is 42.4 Å². The molecule has 1 fully saturated rings. The molecule has 0 bridgehead atoms. The van der Waals surface area contributed by atoms with Crippen LogP contribution in [0.25, 0.3) is 0 Å². The second-order valence-corrected chi connectivity index (χ2v) is 6.09. The van der Waals surface area contributed by atoms with E-state index in [2.05, 4.69) is 29.2 Å². The highest BCUT2D eigenvalue weighted by atomic mass is 35.5. The lowest BCUT2D eigenvalue weighted by atomic mass is 9.77. The van der Waals surface area contributed by atoms with Gasteiger partial charge in [0.15, 0.2) is 5.82 Å². The first-order valence-corrected chi connectivity index (χ1v) is 7.46. The van der Waals surface area contributed by atoms with Crippen molar-refractivity contribution in [3.63, 3.8) is 0 Å². The van der Waals surface area contributed by atoms with Crippen LogP contribution in [0, 0.1) is 6.92 Å². The zero-order valence-electron chi connectivity index (χ0n) is 11.3. The number of aromatic nitrogens is 2. The third-order valence-electron chi connectivity index (χ3n) is 3.60. The Balaban J connectivity index is 0.00000147. The van der Waals surface area contributed by atoms with Crippen LogP contribution < -0.4 is 5.73 Å². The Morgan fingerprint density at radius 3 is 2.75 bits per heavy atom. The maximum Gasteiger partial charge on any atom is 0.237 e. The Labute approximate surface area is 128 Å². The van der Waals surface area contributed by atoms with Crippen molar-refractivity contribution in [3.8, 4) is 0 Å². The van der Waals surface area contributed by atoms with Gasteiger partial charge in [-0.3, -0.25) is 0 Å². The molecule has 2 aromatic rings. The molecule has 0 aliphatic heterocycles. The van der Waals surface area contributed by atoms with Crippen LogP contribution in [0.2, 0.25) is 0 Å². The predicted octanol–water partition coefficient (Wildman–Crippen LogP) is 3.43. The van der Waals surface area contributed by atoms with Gasteiger partial charge in [0.2, 0.25) is 5.89 Å². The first-order chi connectivity index (χ1) is 9.17. The summed E-state index contributed by atoms with van der Waals surface area (Å²) in [6, 6.07) is 8.29. The quantitative estimate of drug-likeness (QED) is 0.876. The molecule has 0 spiro atoms. The Hall–Kier alpha value is -1.04. The van der Waals surface area contributed by atoms with Gasteiger partial charge in [0.1, 0.15) is 0 Å². The molecule has 2 N–H and O–H groups in total. The van der Waals surface area contributed by atoms with Crippen LogP contribution in [0.4, 0.5) is 0 Å². The summed E-state index contributed by atoms with van der Waals surface area (Å²) in [4.78, 5) is 5.67. The smallest absolute Gasteiger partial charge is 0.237 e. The molecule has 1 aliphatic carbocycles. The molecule has 0 radical (unpaired) electrons. The molecule has 0 saturated heterocycles. The Morgan fingerprint density at radius 1 is 1.35 bits per heavy atom. The summed E-state index contributed by atoms with van der Waals surface area (Å²) in [7, 11) is 0. The minimum absolute atomic E-state index is 0. The first-order valence-electron chi connectivity index (χ1n) is 6.48.